The molecule has 144 valence electrons. The number of anilines is 1. The van der Waals surface area contributed by atoms with E-state index in [-0.39, 0.29) is 24.0 Å². The molecule has 0 spiro atoms. The first-order valence-electron chi connectivity index (χ1n) is 9.74. The lowest BCUT2D eigenvalue weighted by molar-refractivity contribution is 0.371. The molecule has 1 aromatic heterocycles. The second-order valence-corrected chi connectivity index (χ2v) is 6.76. The minimum atomic E-state index is 0. The standard InChI is InChI=1S/C20H31N5.HI/c1-2-21-20(23-13-11-18-8-4-3-5-9-18)25-16-14-24(15-17-25)19-10-6-7-12-22-19;/h6-8,10,12H,2-5,9,11,13-17H2,1H3,(H,21,23);1H. The highest BCUT2D eigenvalue weighted by atomic mass is 127. The molecule has 1 fully saturated rings. The van der Waals surface area contributed by atoms with E-state index in [0.717, 1.165) is 57.5 Å². The van der Waals surface area contributed by atoms with E-state index in [1.54, 1.807) is 5.57 Å². The van der Waals surface area contributed by atoms with E-state index >= 15 is 0 Å². The molecule has 1 aromatic rings. The number of hydrogen-bond donors (Lipinski definition) is 1. The Bertz CT molecular complexity index is 579. The van der Waals surface area contributed by atoms with Crippen LogP contribution in [0.25, 0.3) is 0 Å². The van der Waals surface area contributed by atoms with Crippen molar-refractivity contribution in [2.45, 2.75) is 39.0 Å². The quantitative estimate of drug-likeness (QED) is 0.309. The van der Waals surface area contributed by atoms with Gasteiger partial charge in [0.05, 0.1) is 0 Å². The molecule has 5 nitrogen and oxygen atoms in total. The third-order valence-corrected chi connectivity index (χ3v) is 4.97. The number of allylic oxidation sites excluding steroid dienone is 1. The minimum Gasteiger partial charge on any atom is -0.357 e. The van der Waals surface area contributed by atoms with Gasteiger partial charge in [0.1, 0.15) is 5.82 Å². The molecule has 2 heterocycles. The normalized spacial score (nSPS) is 18.2. The molecule has 0 radical (unpaired) electrons. The summed E-state index contributed by atoms with van der Waals surface area (Å²) in [6.07, 6.45) is 10.7. The van der Waals surface area contributed by atoms with Crippen molar-refractivity contribution in [1.29, 1.82) is 0 Å². The molecule has 3 rings (SSSR count). The maximum atomic E-state index is 4.89. The first-order chi connectivity index (χ1) is 12.4. The average molecular weight is 469 g/mol. The molecule has 0 amide bonds. The van der Waals surface area contributed by atoms with E-state index < -0.39 is 0 Å². The number of guanidine groups is 1. The summed E-state index contributed by atoms with van der Waals surface area (Å²) in [6, 6.07) is 6.12. The number of rotatable bonds is 5. The zero-order valence-electron chi connectivity index (χ0n) is 15.9. The van der Waals surface area contributed by atoms with Crippen LogP contribution in [0.1, 0.15) is 39.0 Å². The summed E-state index contributed by atoms with van der Waals surface area (Å²) < 4.78 is 0. The van der Waals surface area contributed by atoms with Gasteiger partial charge in [0, 0.05) is 45.5 Å². The van der Waals surface area contributed by atoms with Crippen LogP contribution in [-0.4, -0.2) is 55.1 Å². The monoisotopic (exact) mass is 469 g/mol. The summed E-state index contributed by atoms with van der Waals surface area (Å²) in [7, 11) is 0. The maximum Gasteiger partial charge on any atom is 0.194 e. The number of piperazine rings is 1. The van der Waals surface area contributed by atoms with Gasteiger partial charge in [-0.05, 0) is 51.2 Å². The van der Waals surface area contributed by atoms with Crippen LogP contribution in [-0.2, 0) is 0 Å². The zero-order valence-corrected chi connectivity index (χ0v) is 18.2. The van der Waals surface area contributed by atoms with Crippen LogP contribution in [0.3, 0.4) is 0 Å². The van der Waals surface area contributed by atoms with E-state index in [4.69, 9.17) is 4.99 Å². The molecule has 0 unspecified atom stereocenters. The van der Waals surface area contributed by atoms with Crippen LogP contribution in [0.4, 0.5) is 5.82 Å². The number of halogens is 1. The van der Waals surface area contributed by atoms with Gasteiger partial charge in [-0.25, -0.2) is 4.98 Å². The Labute approximate surface area is 175 Å². The molecule has 1 aliphatic heterocycles. The largest absolute Gasteiger partial charge is 0.357 e. The lowest BCUT2D eigenvalue weighted by Gasteiger charge is -2.37. The Balaban J connectivity index is 0.00000243. The van der Waals surface area contributed by atoms with Gasteiger partial charge in [-0.2, -0.15) is 0 Å². The number of hydrogen-bond acceptors (Lipinski definition) is 3. The van der Waals surface area contributed by atoms with Gasteiger partial charge in [-0.1, -0.05) is 17.7 Å². The lowest BCUT2D eigenvalue weighted by Crippen LogP contribution is -2.52. The number of aromatic nitrogens is 1. The van der Waals surface area contributed by atoms with Gasteiger partial charge in [0.2, 0.25) is 0 Å². The van der Waals surface area contributed by atoms with Crippen LogP contribution < -0.4 is 10.2 Å². The average Bonchev–Trinajstić information content (AvgIpc) is 2.69. The molecule has 0 bridgehead atoms. The van der Waals surface area contributed by atoms with Gasteiger partial charge >= 0.3 is 0 Å². The fraction of sp³-hybridized carbons (Fsp3) is 0.600. The number of pyridine rings is 1. The van der Waals surface area contributed by atoms with Crippen molar-refractivity contribution in [3.63, 3.8) is 0 Å². The van der Waals surface area contributed by atoms with Gasteiger partial charge in [0.25, 0.3) is 0 Å². The molecular formula is C20H32IN5. The van der Waals surface area contributed by atoms with Gasteiger partial charge in [-0.15, -0.1) is 24.0 Å². The van der Waals surface area contributed by atoms with E-state index in [2.05, 4.69) is 45.2 Å². The first-order valence-corrected chi connectivity index (χ1v) is 9.74. The molecule has 0 aromatic carbocycles. The summed E-state index contributed by atoms with van der Waals surface area (Å²) in [5.74, 6) is 2.15. The number of aliphatic imine (C=N–C) groups is 1. The fourth-order valence-corrected chi connectivity index (χ4v) is 3.55. The molecule has 0 saturated carbocycles. The summed E-state index contributed by atoms with van der Waals surface area (Å²) in [6.45, 7) is 7.93. The highest BCUT2D eigenvalue weighted by molar-refractivity contribution is 14.0. The van der Waals surface area contributed by atoms with Crippen molar-refractivity contribution >= 4 is 35.8 Å². The Morgan fingerprint density at radius 3 is 2.69 bits per heavy atom. The van der Waals surface area contributed by atoms with Crippen molar-refractivity contribution in [3.8, 4) is 0 Å². The maximum absolute atomic E-state index is 4.89. The van der Waals surface area contributed by atoms with Crippen molar-refractivity contribution in [1.82, 2.24) is 15.2 Å². The second kappa shape index (κ2) is 11.4. The molecule has 6 heteroatoms. The van der Waals surface area contributed by atoms with E-state index in [0.29, 0.717) is 0 Å². The first kappa shape index (κ1) is 21.0. The molecular weight excluding hydrogens is 437 g/mol. The van der Waals surface area contributed by atoms with Crippen molar-refractivity contribution in [3.05, 3.63) is 36.0 Å². The van der Waals surface area contributed by atoms with Crippen LogP contribution in [0.2, 0.25) is 0 Å². The molecule has 26 heavy (non-hydrogen) atoms. The van der Waals surface area contributed by atoms with E-state index in [1.807, 2.05) is 12.3 Å². The van der Waals surface area contributed by atoms with E-state index in [1.165, 1.54) is 25.7 Å². The smallest absolute Gasteiger partial charge is 0.194 e. The molecule has 1 saturated heterocycles. The highest BCUT2D eigenvalue weighted by Gasteiger charge is 2.20. The van der Waals surface area contributed by atoms with Gasteiger partial charge in [-0.3, -0.25) is 4.99 Å². The Morgan fingerprint density at radius 1 is 1.19 bits per heavy atom. The SMILES string of the molecule is CCNC(=NCCC1=CCCCC1)N1CCN(c2ccccn2)CC1.I. The number of nitrogens with one attached hydrogen (secondary N) is 1. The lowest BCUT2D eigenvalue weighted by atomic mass is 9.97. The zero-order chi connectivity index (χ0) is 17.3. The molecule has 1 aliphatic carbocycles. The van der Waals surface area contributed by atoms with Gasteiger partial charge in [0.15, 0.2) is 5.96 Å². The van der Waals surface area contributed by atoms with Crippen LogP contribution in [0.5, 0.6) is 0 Å². The minimum absolute atomic E-state index is 0. The summed E-state index contributed by atoms with van der Waals surface area (Å²) in [4.78, 5) is 14.1. The Kier molecular flexibility index (Phi) is 9.22. The van der Waals surface area contributed by atoms with Crippen molar-refractivity contribution in [2.75, 3.05) is 44.2 Å². The number of nitrogens with zero attached hydrogens (tertiary/aromatic N) is 4. The Morgan fingerprint density at radius 2 is 2.04 bits per heavy atom. The summed E-state index contributed by atoms with van der Waals surface area (Å²) in [5, 5.41) is 3.47. The highest BCUT2D eigenvalue weighted by Crippen LogP contribution is 2.20. The topological polar surface area (TPSA) is 43.8 Å². The van der Waals surface area contributed by atoms with Crippen LogP contribution in [0, 0.1) is 0 Å². The van der Waals surface area contributed by atoms with Crippen LogP contribution in [0.15, 0.2) is 41.0 Å². The van der Waals surface area contributed by atoms with Crippen molar-refractivity contribution in [2.24, 2.45) is 4.99 Å². The predicted octanol–water partition coefficient (Wildman–Crippen LogP) is 3.68. The second-order valence-electron chi connectivity index (χ2n) is 6.76. The Hall–Kier alpha value is -1.31. The molecule has 1 N–H and O–H groups in total. The molecule has 0 atom stereocenters. The fourth-order valence-electron chi connectivity index (χ4n) is 3.55. The summed E-state index contributed by atoms with van der Waals surface area (Å²) in [5.41, 5.74) is 1.60. The molecule has 2 aliphatic rings. The third kappa shape index (κ3) is 6.14. The van der Waals surface area contributed by atoms with Gasteiger partial charge < -0.3 is 15.1 Å². The third-order valence-electron chi connectivity index (χ3n) is 4.97. The summed E-state index contributed by atoms with van der Waals surface area (Å²) >= 11 is 0. The van der Waals surface area contributed by atoms with Crippen molar-refractivity contribution < 1.29 is 0 Å². The van der Waals surface area contributed by atoms with Crippen LogP contribution >= 0.6 is 24.0 Å². The van der Waals surface area contributed by atoms with E-state index in [9.17, 15) is 0 Å². The predicted molar refractivity (Wildman–Crippen MR) is 121 cm³/mol.